The summed E-state index contributed by atoms with van der Waals surface area (Å²) in [6.45, 7) is 1.23. The number of hydrogen-bond acceptors (Lipinski definition) is 2. The molecule has 2 aromatic rings. The summed E-state index contributed by atoms with van der Waals surface area (Å²) >= 11 is 18.3. The van der Waals surface area contributed by atoms with Crippen LogP contribution in [0.3, 0.4) is 0 Å². The quantitative estimate of drug-likeness (QED) is 0.861. The number of rotatable bonds is 1. The van der Waals surface area contributed by atoms with E-state index in [0.29, 0.717) is 33.8 Å². The van der Waals surface area contributed by atoms with Gasteiger partial charge in [0.05, 0.1) is 23.3 Å². The fourth-order valence-electron chi connectivity index (χ4n) is 2.09. The minimum atomic E-state index is 0.493. The van der Waals surface area contributed by atoms with Crippen molar-refractivity contribution in [3.8, 4) is 11.3 Å². The number of aromatic amines is 1. The zero-order chi connectivity index (χ0) is 12.7. The number of nitrogens with one attached hydrogen (secondary N) is 1. The van der Waals surface area contributed by atoms with Gasteiger partial charge in [-0.3, -0.25) is 5.10 Å². The Morgan fingerprint density at radius 2 is 1.89 bits per heavy atom. The maximum Gasteiger partial charge on any atom is 0.101 e. The van der Waals surface area contributed by atoms with Crippen LogP contribution in [-0.2, 0) is 17.8 Å². The van der Waals surface area contributed by atoms with Crippen molar-refractivity contribution in [2.24, 2.45) is 0 Å². The number of hydrogen-bond donors (Lipinski definition) is 1. The van der Waals surface area contributed by atoms with Crippen LogP contribution in [0.1, 0.15) is 11.3 Å². The van der Waals surface area contributed by atoms with Crippen molar-refractivity contribution in [1.82, 2.24) is 10.2 Å². The van der Waals surface area contributed by atoms with Gasteiger partial charge in [0.2, 0.25) is 0 Å². The molecule has 18 heavy (non-hydrogen) atoms. The first-order valence-electron chi connectivity index (χ1n) is 5.45. The van der Waals surface area contributed by atoms with Crippen molar-refractivity contribution in [3.05, 3.63) is 38.5 Å². The summed E-state index contributed by atoms with van der Waals surface area (Å²) in [5.74, 6) is 0. The van der Waals surface area contributed by atoms with Crippen LogP contribution in [0.15, 0.2) is 12.1 Å². The van der Waals surface area contributed by atoms with Crippen LogP contribution in [0.5, 0.6) is 0 Å². The zero-order valence-corrected chi connectivity index (χ0v) is 11.5. The highest BCUT2D eigenvalue weighted by molar-refractivity contribution is 6.41. The lowest BCUT2D eigenvalue weighted by Gasteiger charge is -2.13. The smallest absolute Gasteiger partial charge is 0.101 e. The molecule has 94 valence electrons. The van der Waals surface area contributed by atoms with Crippen LogP contribution < -0.4 is 0 Å². The van der Waals surface area contributed by atoms with E-state index in [9.17, 15) is 0 Å². The Morgan fingerprint density at radius 3 is 2.61 bits per heavy atom. The van der Waals surface area contributed by atoms with Crippen LogP contribution in [-0.4, -0.2) is 16.8 Å². The van der Waals surface area contributed by atoms with Crippen molar-refractivity contribution >= 4 is 34.8 Å². The van der Waals surface area contributed by atoms with Gasteiger partial charge in [0, 0.05) is 28.3 Å². The molecule has 3 rings (SSSR count). The molecule has 1 aliphatic heterocycles. The van der Waals surface area contributed by atoms with Crippen molar-refractivity contribution in [2.45, 2.75) is 13.0 Å². The average Bonchev–Trinajstić information content (AvgIpc) is 2.72. The predicted octanol–water partition coefficient (Wildman–Crippen LogP) is 4.11. The molecule has 0 saturated heterocycles. The first-order valence-corrected chi connectivity index (χ1v) is 6.59. The second-order valence-electron chi connectivity index (χ2n) is 4.08. The molecular formula is C12H9Cl3N2O. The molecule has 0 unspecified atom stereocenters. The lowest BCUT2D eigenvalue weighted by Crippen LogP contribution is -2.09. The highest BCUT2D eigenvalue weighted by Crippen LogP contribution is 2.39. The number of ether oxygens (including phenoxy) is 1. The Kier molecular flexibility index (Phi) is 3.24. The average molecular weight is 304 g/mol. The normalized spacial score (nSPS) is 14.6. The number of halogens is 3. The Balaban J connectivity index is 2.18. The topological polar surface area (TPSA) is 37.9 Å². The number of nitrogens with zero attached hydrogens (tertiary/aromatic N) is 1. The first kappa shape index (κ1) is 12.3. The SMILES string of the molecule is Clc1cc(Cl)c(-c2n[nH]c3c2COCC3)c(Cl)c1. The van der Waals surface area contributed by atoms with Gasteiger partial charge in [-0.2, -0.15) is 5.10 Å². The van der Waals surface area contributed by atoms with Gasteiger partial charge < -0.3 is 4.74 Å². The van der Waals surface area contributed by atoms with Crippen molar-refractivity contribution in [3.63, 3.8) is 0 Å². The molecule has 1 N–H and O–H groups in total. The molecule has 0 atom stereocenters. The summed E-state index contributed by atoms with van der Waals surface area (Å²) < 4.78 is 5.45. The van der Waals surface area contributed by atoms with Crippen LogP contribution in [0.4, 0.5) is 0 Å². The van der Waals surface area contributed by atoms with Gasteiger partial charge in [-0.15, -0.1) is 0 Å². The first-order chi connectivity index (χ1) is 8.66. The zero-order valence-electron chi connectivity index (χ0n) is 9.27. The Labute approximate surface area is 119 Å². The fraction of sp³-hybridized carbons (Fsp3) is 0.250. The lowest BCUT2D eigenvalue weighted by atomic mass is 10.0. The van der Waals surface area contributed by atoms with Crippen LogP contribution in [0, 0.1) is 0 Å². The van der Waals surface area contributed by atoms with E-state index in [1.54, 1.807) is 12.1 Å². The number of benzene rings is 1. The number of fused-ring (bicyclic) bond motifs is 1. The van der Waals surface area contributed by atoms with Crippen molar-refractivity contribution in [2.75, 3.05) is 6.61 Å². The van der Waals surface area contributed by atoms with E-state index in [1.807, 2.05) is 0 Å². The van der Waals surface area contributed by atoms with E-state index >= 15 is 0 Å². The minimum Gasteiger partial charge on any atom is -0.376 e. The number of H-pyrrole nitrogens is 1. The third-order valence-electron chi connectivity index (χ3n) is 2.94. The van der Waals surface area contributed by atoms with Crippen LogP contribution in [0.25, 0.3) is 11.3 Å². The summed E-state index contributed by atoms with van der Waals surface area (Å²) in [4.78, 5) is 0. The standard InChI is InChI=1S/C12H9Cl3N2O/c13-6-3-8(14)11(9(15)4-6)12-7-5-18-2-1-10(7)16-17-12/h3-4H,1-2,5H2,(H,16,17). The molecule has 0 amide bonds. The molecule has 1 aliphatic rings. The maximum atomic E-state index is 6.21. The van der Waals surface area contributed by atoms with Crippen LogP contribution >= 0.6 is 34.8 Å². The monoisotopic (exact) mass is 302 g/mol. The van der Waals surface area contributed by atoms with Gasteiger partial charge in [-0.1, -0.05) is 34.8 Å². The molecule has 0 saturated carbocycles. The molecule has 6 heteroatoms. The minimum absolute atomic E-state index is 0.493. The van der Waals surface area contributed by atoms with E-state index in [0.717, 1.165) is 23.4 Å². The van der Waals surface area contributed by atoms with E-state index in [-0.39, 0.29) is 0 Å². The molecule has 0 radical (unpaired) electrons. The summed E-state index contributed by atoms with van der Waals surface area (Å²) in [6, 6.07) is 3.32. The molecule has 3 nitrogen and oxygen atoms in total. The molecule has 0 bridgehead atoms. The predicted molar refractivity (Wildman–Crippen MR) is 72.4 cm³/mol. The highest BCUT2D eigenvalue weighted by Gasteiger charge is 2.22. The van der Waals surface area contributed by atoms with Gasteiger partial charge >= 0.3 is 0 Å². The van der Waals surface area contributed by atoms with Gasteiger partial charge in [0.1, 0.15) is 5.69 Å². The van der Waals surface area contributed by atoms with Crippen LogP contribution in [0.2, 0.25) is 15.1 Å². The molecule has 2 heterocycles. The fourth-order valence-corrected chi connectivity index (χ4v) is 3.08. The lowest BCUT2D eigenvalue weighted by molar-refractivity contribution is 0.110. The van der Waals surface area contributed by atoms with E-state index in [2.05, 4.69) is 10.2 Å². The van der Waals surface area contributed by atoms with E-state index in [4.69, 9.17) is 39.5 Å². The molecule has 1 aromatic carbocycles. The largest absolute Gasteiger partial charge is 0.376 e. The summed E-state index contributed by atoms with van der Waals surface area (Å²) in [6.07, 6.45) is 0.825. The maximum absolute atomic E-state index is 6.21. The molecule has 0 spiro atoms. The highest BCUT2D eigenvalue weighted by atomic mass is 35.5. The van der Waals surface area contributed by atoms with Gasteiger partial charge in [0.15, 0.2) is 0 Å². The second-order valence-corrected chi connectivity index (χ2v) is 5.33. The van der Waals surface area contributed by atoms with E-state index in [1.165, 1.54) is 0 Å². The summed E-state index contributed by atoms with van der Waals surface area (Å²) in [5.41, 5.74) is 3.55. The number of aromatic nitrogens is 2. The van der Waals surface area contributed by atoms with Crippen molar-refractivity contribution in [1.29, 1.82) is 0 Å². The second kappa shape index (κ2) is 4.74. The van der Waals surface area contributed by atoms with Gasteiger partial charge in [-0.25, -0.2) is 0 Å². The Bertz CT molecular complexity index is 586. The Hall–Kier alpha value is -0.740. The summed E-state index contributed by atoms with van der Waals surface area (Å²) in [5, 5.41) is 8.81. The third kappa shape index (κ3) is 2.01. The summed E-state index contributed by atoms with van der Waals surface area (Å²) in [7, 11) is 0. The van der Waals surface area contributed by atoms with Crippen molar-refractivity contribution < 1.29 is 4.74 Å². The van der Waals surface area contributed by atoms with E-state index < -0.39 is 0 Å². The third-order valence-corrected chi connectivity index (χ3v) is 3.75. The van der Waals surface area contributed by atoms with Gasteiger partial charge in [0.25, 0.3) is 0 Å². The molecule has 1 aromatic heterocycles. The molecule has 0 aliphatic carbocycles. The molecular weight excluding hydrogens is 295 g/mol. The Morgan fingerprint density at radius 1 is 1.17 bits per heavy atom. The van der Waals surface area contributed by atoms with Gasteiger partial charge in [-0.05, 0) is 12.1 Å². The molecule has 0 fully saturated rings.